The van der Waals surface area contributed by atoms with Crippen LogP contribution in [0.15, 0.2) is 18.3 Å². The third kappa shape index (κ3) is 1.92. The monoisotopic (exact) mass is 190 g/mol. The maximum Gasteiger partial charge on any atom is 0.228 e. The molecule has 1 aromatic heterocycles. The molecule has 1 amide bonds. The van der Waals surface area contributed by atoms with Crippen LogP contribution in [0, 0.1) is 12.8 Å². The fourth-order valence-corrected chi connectivity index (χ4v) is 1.44. The maximum absolute atomic E-state index is 11.5. The lowest BCUT2D eigenvalue weighted by Gasteiger charge is -2.23. The number of hydrogen-bond acceptors (Lipinski definition) is 2. The van der Waals surface area contributed by atoms with E-state index in [1.807, 2.05) is 19.1 Å². The van der Waals surface area contributed by atoms with Crippen LogP contribution in [0.5, 0.6) is 0 Å². The number of amides is 1. The van der Waals surface area contributed by atoms with Gasteiger partial charge in [-0.3, -0.25) is 4.79 Å². The van der Waals surface area contributed by atoms with Crippen molar-refractivity contribution in [3.63, 3.8) is 0 Å². The summed E-state index contributed by atoms with van der Waals surface area (Å²) in [6.07, 6.45) is 4.99. The third-order valence-corrected chi connectivity index (χ3v) is 2.64. The quantitative estimate of drug-likeness (QED) is 0.776. The number of pyridine rings is 1. The standard InChI is InChI=1S/C11H14N2O/c1-8-5-6-10(12-7-8)13-11(14)9-3-2-4-9/h5-7,9H,2-4H2,1H3,(H,12,13,14). The average molecular weight is 190 g/mol. The third-order valence-electron chi connectivity index (χ3n) is 2.64. The minimum atomic E-state index is 0.118. The lowest BCUT2D eigenvalue weighted by atomic mass is 9.85. The van der Waals surface area contributed by atoms with Crippen LogP contribution in [-0.4, -0.2) is 10.9 Å². The number of nitrogens with zero attached hydrogens (tertiary/aromatic N) is 1. The molecule has 1 aliphatic rings. The van der Waals surface area contributed by atoms with Gasteiger partial charge in [0.2, 0.25) is 5.91 Å². The maximum atomic E-state index is 11.5. The molecule has 0 bridgehead atoms. The van der Waals surface area contributed by atoms with Gasteiger partial charge in [-0.25, -0.2) is 4.98 Å². The average Bonchev–Trinajstić information content (AvgIpc) is 2.06. The fraction of sp³-hybridized carbons (Fsp3) is 0.455. The van der Waals surface area contributed by atoms with Crippen LogP contribution < -0.4 is 5.32 Å². The van der Waals surface area contributed by atoms with E-state index in [2.05, 4.69) is 10.3 Å². The van der Waals surface area contributed by atoms with Gasteiger partial charge in [-0.1, -0.05) is 12.5 Å². The summed E-state index contributed by atoms with van der Waals surface area (Å²) in [5.41, 5.74) is 1.10. The van der Waals surface area contributed by atoms with Crippen molar-refractivity contribution in [3.05, 3.63) is 23.9 Å². The van der Waals surface area contributed by atoms with Crippen molar-refractivity contribution in [2.45, 2.75) is 26.2 Å². The van der Waals surface area contributed by atoms with E-state index in [-0.39, 0.29) is 11.8 Å². The van der Waals surface area contributed by atoms with E-state index in [1.54, 1.807) is 6.20 Å². The highest BCUT2D eigenvalue weighted by atomic mass is 16.2. The molecule has 14 heavy (non-hydrogen) atoms. The summed E-state index contributed by atoms with van der Waals surface area (Å²) in [6, 6.07) is 3.79. The Morgan fingerprint density at radius 2 is 2.29 bits per heavy atom. The predicted octanol–water partition coefficient (Wildman–Crippen LogP) is 2.13. The molecule has 1 fully saturated rings. The summed E-state index contributed by atoms with van der Waals surface area (Å²) < 4.78 is 0. The van der Waals surface area contributed by atoms with Gasteiger partial charge in [0.15, 0.2) is 0 Å². The topological polar surface area (TPSA) is 42.0 Å². The van der Waals surface area contributed by atoms with E-state index in [9.17, 15) is 4.79 Å². The van der Waals surface area contributed by atoms with Crippen LogP contribution >= 0.6 is 0 Å². The van der Waals surface area contributed by atoms with Crippen LogP contribution in [0.4, 0.5) is 5.82 Å². The first-order chi connectivity index (χ1) is 6.75. The Kier molecular flexibility index (Phi) is 2.48. The summed E-state index contributed by atoms with van der Waals surface area (Å²) in [4.78, 5) is 15.7. The highest BCUT2D eigenvalue weighted by molar-refractivity contribution is 5.92. The number of anilines is 1. The Hall–Kier alpha value is -1.38. The van der Waals surface area contributed by atoms with Crippen molar-refractivity contribution in [3.8, 4) is 0 Å². The molecule has 0 spiro atoms. The van der Waals surface area contributed by atoms with Crippen molar-refractivity contribution < 1.29 is 4.79 Å². The van der Waals surface area contributed by atoms with Gasteiger partial charge < -0.3 is 5.32 Å². The number of carbonyl (C=O) groups is 1. The Bertz CT molecular complexity index is 328. The van der Waals surface area contributed by atoms with E-state index >= 15 is 0 Å². The Morgan fingerprint density at radius 1 is 1.50 bits per heavy atom. The summed E-state index contributed by atoms with van der Waals surface area (Å²) in [5, 5.41) is 2.82. The Balaban J connectivity index is 1.96. The molecule has 3 heteroatoms. The van der Waals surface area contributed by atoms with Crippen LogP contribution in [0.25, 0.3) is 0 Å². The largest absolute Gasteiger partial charge is 0.310 e. The molecule has 0 saturated heterocycles. The Labute approximate surface area is 83.5 Å². The normalized spacial score (nSPS) is 16.1. The molecule has 1 saturated carbocycles. The zero-order valence-corrected chi connectivity index (χ0v) is 8.29. The van der Waals surface area contributed by atoms with Crippen molar-refractivity contribution in [1.82, 2.24) is 4.98 Å². The lowest BCUT2D eigenvalue weighted by molar-refractivity contribution is -0.122. The molecule has 0 aliphatic heterocycles. The second-order valence-electron chi connectivity index (χ2n) is 3.84. The SMILES string of the molecule is Cc1ccc(NC(=O)C2CCC2)nc1. The van der Waals surface area contributed by atoms with Crippen LogP contribution in [0.3, 0.4) is 0 Å². The van der Waals surface area contributed by atoms with E-state index in [0.717, 1.165) is 18.4 Å². The van der Waals surface area contributed by atoms with Crippen molar-refractivity contribution in [1.29, 1.82) is 0 Å². The number of carbonyl (C=O) groups excluding carboxylic acids is 1. The molecule has 1 heterocycles. The number of aromatic nitrogens is 1. The van der Waals surface area contributed by atoms with Gasteiger partial charge in [0.25, 0.3) is 0 Å². The summed E-state index contributed by atoms with van der Waals surface area (Å²) in [7, 11) is 0. The molecule has 0 radical (unpaired) electrons. The molecule has 1 aromatic rings. The Morgan fingerprint density at radius 3 is 2.79 bits per heavy atom. The van der Waals surface area contributed by atoms with Crippen molar-refractivity contribution in [2.24, 2.45) is 5.92 Å². The zero-order chi connectivity index (χ0) is 9.97. The lowest BCUT2D eigenvalue weighted by Crippen LogP contribution is -2.28. The smallest absolute Gasteiger partial charge is 0.228 e. The second-order valence-corrected chi connectivity index (χ2v) is 3.84. The molecule has 2 rings (SSSR count). The number of nitrogens with one attached hydrogen (secondary N) is 1. The molecular formula is C11H14N2O. The summed E-state index contributed by atoms with van der Waals surface area (Å²) in [5.74, 6) is 0.998. The van der Waals surface area contributed by atoms with Gasteiger partial charge in [-0.2, -0.15) is 0 Å². The summed E-state index contributed by atoms with van der Waals surface area (Å²) >= 11 is 0. The van der Waals surface area contributed by atoms with Crippen LogP contribution in [0.2, 0.25) is 0 Å². The van der Waals surface area contributed by atoms with E-state index < -0.39 is 0 Å². The van der Waals surface area contributed by atoms with E-state index in [0.29, 0.717) is 5.82 Å². The number of aryl methyl sites for hydroxylation is 1. The van der Waals surface area contributed by atoms with Crippen LogP contribution in [-0.2, 0) is 4.79 Å². The molecule has 3 nitrogen and oxygen atoms in total. The highest BCUT2D eigenvalue weighted by Gasteiger charge is 2.25. The minimum Gasteiger partial charge on any atom is -0.310 e. The van der Waals surface area contributed by atoms with Crippen LogP contribution in [0.1, 0.15) is 24.8 Å². The zero-order valence-electron chi connectivity index (χ0n) is 8.29. The van der Waals surface area contributed by atoms with Gasteiger partial charge in [-0.15, -0.1) is 0 Å². The second kappa shape index (κ2) is 3.78. The molecular weight excluding hydrogens is 176 g/mol. The number of hydrogen-bond donors (Lipinski definition) is 1. The van der Waals surface area contributed by atoms with Gasteiger partial charge in [0, 0.05) is 12.1 Å². The van der Waals surface area contributed by atoms with Gasteiger partial charge in [-0.05, 0) is 31.4 Å². The minimum absolute atomic E-state index is 0.118. The summed E-state index contributed by atoms with van der Waals surface area (Å²) in [6.45, 7) is 1.98. The number of rotatable bonds is 2. The first kappa shape index (κ1) is 9.19. The molecule has 0 unspecified atom stereocenters. The van der Waals surface area contributed by atoms with Crippen molar-refractivity contribution in [2.75, 3.05) is 5.32 Å². The molecule has 74 valence electrons. The molecule has 0 atom stereocenters. The van der Waals surface area contributed by atoms with Crippen molar-refractivity contribution >= 4 is 11.7 Å². The van der Waals surface area contributed by atoms with Gasteiger partial charge >= 0.3 is 0 Å². The highest BCUT2D eigenvalue weighted by Crippen LogP contribution is 2.27. The van der Waals surface area contributed by atoms with Gasteiger partial charge in [0.1, 0.15) is 5.82 Å². The molecule has 1 aliphatic carbocycles. The van der Waals surface area contributed by atoms with E-state index in [4.69, 9.17) is 0 Å². The first-order valence-corrected chi connectivity index (χ1v) is 4.99. The molecule has 0 aromatic carbocycles. The predicted molar refractivity (Wildman–Crippen MR) is 54.9 cm³/mol. The molecule has 1 N–H and O–H groups in total. The fourth-order valence-electron chi connectivity index (χ4n) is 1.44. The van der Waals surface area contributed by atoms with Gasteiger partial charge in [0.05, 0.1) is 0 Å². The first-order valence-electron chi connectivity index (χ1n) is 4.99. The van der Waals surface area contributed by atoms with E-state index in [1.165, 1.54) is 6.42 Å².